The van der Waals surface area contributed by atoms with Crippen LogP contribution in [0.25, 0.3) is 0 Å². The highest BCUT2D eigenvalue weighted by atomic mass is 32.2. The maximum Gasteiger partial charge on any atom is 0.348 e. The number of thiophene rings is 1. The van der Waals surface area contributed by atoms with Gasteiger partial charge in [-0.05, 0) is 0 Å². The number of rotatable bonds is 3. The van der Waals surface area contributed by atoms with Crippen molar-refractivity contribution >= 4 is 28.4 Å². The molecule has 1 unspecified atom stereocenters. The Morgan fingerprint density at radius 3 is 2.93 bits per heavy atom. The van der Waals surface area contributed by atoms with Crippen LogP contribution in [0.1, 0.15) is 20.8 Å². The van der Waals surface area contributed by atoms with E-state index in [1.165, 1.54) is 12.5 Å². The van der Waals surface area contributed by atoms with E-state index >= 15 is 0 Å². The Hall–Kier alpha value is -1.23. The van der Waals surface area contributed by atoms with E-state index in [1.54, 1.807) is 0 Å². The van der Waals surface area contributed by atoms with E-state index in [0.717, 1.165) is 11.3 Å². The molecule has 1 rings (SSSR count). The van der Waals surface area contributed by atoms with Gasteiger partial charge in [0.05, 0.1) is 12.7 Å². The molecule has 0 saturated carbocycles. The third-order valence-corrected chi connectivity index (χ3v) is 3.17. The Morgan fingerprint density at radius 1 is 1.80 bits per heavy atom. The average Bonchev–Trinajstić information content (AvgIpc) is 2.59. The van der Waals surface area contributed by atoms with Gasteiger partial charge in [0.1, 0.15) is 10.9 Å². The highest BCUT2D eigenvalue weighted by Gasteiger charge is 2.18. The molecule has 1 heterocycles. The fraction of sp³-hybridized carbons (Fsp3) is 0.250. The molecule has 0 aliphatic rings. The summed E-state index contributed by atoms with van der Waals surface area (Å²) in [7, 11) is 1.20. The van der Waals surface area contributed by atoms with Crippen molar-refractivity contribution in [1.29, 1.82) is 5.26 Å². The summed E-state index contributed by atoms with van der Waals surface area (Å²) in [5.74, 6) is -0.974. The molecule has 0 saturated heterocycles. The molecule has 0 N–H and O–H groups in total. The second-order valence-corrected chi connectivity index (χ2v) is 4.28. The number of hydrogen-bond donors (Lipinski definition) is 0. The highest BCUT2D eigenvalue weighted by molar-refractivity contribution is 7.78. The molecular formula is C8H6NO4S2-. The predicted octanol–water partition coefficient (Wildman–Crippen LogP) is 0.785. The topological polar surface area (TPSA) is 90.2 Å². The van der Waals surface area contributed by atoms with Gasteiger partial charge in [-0.15, -0.1) is 11.3 Å². The Morgan fingerprint density at radius 2 is 2.47 bits per heavy atom. The molecule has 15 heavy (non-hydrogen) atoms. The molecule has 0 radical (unpaired) electrons. The third kappa shape index (κ3) is 2.62. The first-order valence-electron chi connectivity index (χ1n) is 3.74. The number of hydrogen-bond acceptors (Lipinski definition) is 6. The smallest absolute Gasteiger partial charge is 0.348 e. The number of methoxy groups -OCH3 is 1. The van der Waals surface area contributed by atoms with Crippen LogP contribution in [-0.4, -0.2) is 21.8 Å². The van der Waals surface area contributed by atoms with Crippen LogP contribution in [0.3, 0.4) is 0 Å². The first-order valence-corrected chi connectivity index (χ1v) is 5.87. The average molecular weight is 244 g/mol. The van der Waals surface area contributed by atoms with Gasteiger partial charge in [-0.1, -0.05) is 11.1 Å². The minimum atomic E-state index is -2.34. The lowest BCUT2D eigenvalue weighted by atomic mass is 10.2. The van der Waals surface area contributed by atoms with E-state index in [-0.39, 0.29) is 21.8 Å². The van der Waals surface area contributed by atoms with E-state index in [0.29, 0.717) is 0 Å². The quantitative estimate of drug-likeness (QED) is 0.579. The Labute approximate surface area is 92.6 Å². The molecule has 0 fully saturated rings. The predicted molar refractivity (Wildman–Crippen MR) is 53.0 cm³/mol. The summed E-state index contributed by atoms with van der Waals surface area (Å²) in [5, 5.41) is 10.1. The van der Waals surface area contributed by atoms with Crippen molar-refractivity contribution in [2.24, 2.45) is 0 Å². The van der Waals surface area contributed by atoms with Crippen molar-refractivity contribution in [1.82, 2.24) is 0 Å². The fourth-order valence-electron chi connectivity index (χ4n) is 1.00. The summed E-state index contributed by atoms with van der Waals surface area (Å²) in [6, 6.07) is 1.83. The lowest BCUT2D eigenvalue weighted by molar-refractivity contribution is 0.0605. The number of esters is 1. The second kappa shape index (κ2) is 5.02. The highest BCUT2D eigenvalue weighted by Crippen LogP contribution is 2.24. The zero-order valence-electron chi connectivity index (χ0n) is 7.68. The number of nitriles is 1. The first-order chi connectivity index (χ1) is 7.10. The lowest BCUT2D eigenvalue weighted by Crippen LogP contribution is -2.05. The van der Waals surface area contributed by atoms with Gasteiger partial charge in [0.25, 0.3) is 0 Å². The van der Waals surface area contributed by atoms with E-state index in [2.05, 4.69) is 4.74 Å². The lowest BCUT2D eigenvalue weighted by Gasteiger charge is -2.05. The van der Waals surface area contributed by atoms with Gasteiger partial charge in [-0.2, -0.15) is 5.26 Å². The standard InChI is InChI=1S/C8H7NO4S2/c1-13-8(10)7-6(4-15(11)12)5(2-9)3-14-7/h3H,4H2,1H3,(H,11,12)/p-1. The molecule has 7 heteroatoms. The van der Waals surface area contributed by atoms with Gasteiger partial charge in [-0.3, -0.25) is 4.21 Å². The monoisotopic (exact) mass is 244 g/mol. The minimum absolute atomic E-state index is 0.165. The largest absolute Gasteiger partial charge is 0.772 e. The summed E-state index contributed by atoms with van der Waals surface area (Å²) >= 11 is -1.33. The Bertz CT molecular complexity index is 446. The summed E-state index contributed by atoms with van der Waals surface area (Å²) in [6.45, 7) is 0. The molecule has 0 amide bonds. The maximum absolute atomic E-state index is 11.2. The van der Waals surface area contributed by atoms with Crippen LogP contribution in [0.4, 0.5) is 0 Å². The van der Waals surface area contributed by atoms with Gasteiger partial charge >= 0.3 is 5.97 Å². The van der Waals surface area contributed by atoms with Gasteiger partial charge in [0.15, 0.2) is 0 Å². The van der Waals surface area contributed by atoms with Crippen molar-refractivity contribution in [2.45, 2.75) is 5.75 Å². The van der Waals surface area contributed by atoms with Crippen molar-refractivity contribution in [2.75, 3.05) is 7.11 Å². The van der Waals surface area contributed by atoms with Crippen molar-refractivity contribution < 1.29 is 18.3 Å². The van der Waals surface area contributed by atoms with Crippen LogP contribution in [0.2, 0.25) is 0 Å². The van der Waals surface area contributed by atoms with Crippen molar-refractivity contribution in [3.8, 4) is 6.07 Å². The summed E-state index contributed by atoms with van der Waals surface area (Å²) in [4.78, 5) is 11.4. The van der Waals surface area contributed by atoms with Gasteiger partial charge < -0.3 is 9.29 Å². The first kappa shape index (κ1) is 11.8. The normalized spacial score (nSPS) is 11.8. The molecule has 0 aliphatic carbocycles. The summed E-state index contributed by atoms with van der Waals surface area (Å²) in [6.07, 6.45) is 0. The van der Waals surface area contributed by atoms with Crippen LogP contribution < -0.4 is 0 Å². The van der Waals surface area contributed by atoms with Crippen LogP contribution in [0.5, 0.6) is 0 Å². The maximum atomic E-state index is 11.2. The zero-order valence-corrected chi connectivity index (χ0v) is 9.31. The van der Waals surface area contributed by atoms with Crippen LogP contribution in [-0.2, 0) is 21.6 Å². The van der Waals surface area contributed by atoms with E-state index in [4.69, 9.17) is 5.26 Å². The molecule has 80 valence electrons. The van der Waals surface area contributed by atoms with Crippen molar-refractivity contribution in [3.05, 3.63) is 21.4 Å². The number of nitrogens with zero attached hydrogens (tertiary/aromatic N) is 1. The molecule has 1 aromatic rings. The number of carbonyl (C=O) groups excluding carboxylic acids is 1. The van der Waals surface area contributed by atoms with Crippen LogP contribution in [0, 0.1) is 11.3 Å². The van der Waals surface area contributed by atoms with E-state index in [1.807, 2.05) is 6.07 Å². The summed E-state index contributed by atoms with van der Waals surface area (Å²) < 4.78 is 25.6. The van der Waals surface area contributed by atoms with Crippen LogP contribution in [0.15, 0.2) is 5.38 Å². The Kier molecular flexibility index (Phi) is 3.96. The molecule has 0 bridgehead atoms. The third-order valence-electron chi connectivity index (χ3n) is 1.65. The molecule has 1 aromatic heterocycles. The zero-order chi connectivity index (χ0) is 11.4. The molecule has 0 spiro atoms. The van der Waals surface area contributed by atoms with Gasteiger partial charge in [0.2, 0.25) is 0 Å². The Balaban J connectivity index is 3.18. The molecule has 1 atom stereocenters. The van der Waals surface area contributed by atoms with Crippen molar-refractivity contribution in [3.63, 3.8) is 0 Å². The van der Waals surface area contributed by atoms with E-state index < -0.39 is 17.0 Å². The molecular weight excluding hydrogens is 238 g/mol. The molecule has 0 aliphatic heterocycles. The van der Waals surface area contributed by atoms with E-state index in [9.17, 15) is 13.6 Å². The van der Waals surface area contributed by atoms with Crippen LogP contribution >= 0.6 is 11.3 Å². The minimum Gasteiger partial charge on any atom is -0.772 e. The van der Waals surface area contributed by atoms with Gasteiger partial charge in [0, 0.05) is 16.7 Å². The number of ether oxygens (including phenoxy) is 1. The van der Waals surface area contributed by atoms with Gasteiger partial charge in [-0.25, -0.2) is 4.79 Å². The second-order valence-electron chi connectivity index (χ2n) is 2.51. The molecule has 0 aromatic carbocycles. The molecule has 5 nitrogen and oxygen atoms in total. The fourth-order valence-corrected chi connectivity index (χ4v) is 2.56. The number of carbonyl (C=O) groups is 1. The SMILES string of the molecule is COC(=O)c1scc(C#N)c1CS(=O)[O-]. The summed E-state index contributed by atoms with van der Waals surface area (Å²) in [5.41, 5.74) is 0.410.